The van der Waals surface area contributed by atoms with Crippen molar-refractivity contribution in [2.24, 2.45) is 20.4 Å². The van der Waals surface area contributed by atoms with Crippen LogP contribution in [-0.4, -0.2) is 47.9 Å². The van der Waals surface area contributed by atoms with Gasteiger partial charge in [0.05, 0.1) is 23.8 Å². The average molecular weight is 337 g/mol. The van der Waals surface area contributed by atoms with Crippen molar-refractivity contribution in [3.63, 3.8) is 0 Å². The molecule has 0 spiro atoms. The molecule has 0 unspecified atom stereocenters. The predicted octanol–water partition coefficient (Wildman–Crippen LogP) is 0.750. The van der Waals surface area contributed by atoms with E-state index in [1.165, 1.54) is 6.21 Å². The second kappa shape index (κ2) is 11.3. The quantitative estimate of drug-likeness (QED) is 0.250. The molecular formula is C9H15CuN5OS2. The van der Waals surface area contributed by atoms with Crippen LogP contribution in [0.4, 0.5) is 0 Å². The maximum Gasteiger partial charge on any atom is 2.00 e. The van der Waals surface area contributed by atoms with Crippen molar-refractivity contribution in [3.8, 4) is 0 Å². The fourth-order valence-electron chi connectivity index (χ4n) is 0.549. The Kier molecular flexibility index (Phi) is 12.3. The van der Waals surface area contributed by atoms with E-state index < -0.39 is 0 Å². The third-order valence-electron chi connectivity index (χ3n) is 1.33. The molecule has 0 saturated heterocycles. The van der Waals surface area contributed by atoms with E-state index in [1.54, 1.807) is 25.9 Å². The number of hydrogen-bond acceptors (Lipinski definition) is 7. The minimum Gasteiger partial charge on any atom is -0.741 e. The number of rotatable bonds is 4. The Morgan fingerprint density at radius 3 is 2.33 bits per heavy atom. The maximum absolute atomic E-state index is 4.93. The number of ether oxygens (including phenoxy) is 1. The number of amidine groups is 1. The van der Waals surface area contributed by atoms with E-state index in [2.05, 4.69) is 20.4 Å². The van der Waals surface area contributed by atoms with Crippen LogP contribution in [0.5, 0.6) is 0 Å². The topological polar surface area (TPSA) is 61.9 Å². The third-order valence-corrected chi connectivity index (χ3v) is 1.97. The summed E-state index contributed by atoms with van der Waals surface area (Å²) in [6.07, 6.45) is 1.44. The van der Waals surface area contributed by atoms with Gasteiger partial charge in [0.15, 0.2) is 0 Å². The largest absolute Gasteiger partial charge is 2.00 e. The Hall–Kier alpha value is -0.761. The molecule has 0 aromatic rings. The fourth-order valence-corrected chi connectivity index (χ4v) is 0.755. The summed E-state index contributed by atoms with van der Waals surface area (Å²) in [6.45, 7) is 4.01. The van der Waals surface area contributed by atoms with Crippen LogP contribution >= 0.6 is 0 Å². The predicted molar refractivity (Wildman–Crippen MR) is 76.5 cm³/mol. The van der Waals surface area contributed by atoms with Crippen LogP contribution in [0.2, 0.25) is 0 Å². The summed E-state index contributed by atoms with van der Waals surface area (Å²) in [6, 6.07) is 0. The van der Waals surface area contributed by atoms with Gasteiger partial charge in [-0.15, -0.1) is 5.10 Å². The van der Waals surface area contributed by atoms with Crippen LogP contribution < -0.4 is 0 Å². The molecule has 0 atom stereocenters. The molecular weight excluding hydrogens is 322 g/mol. The van der Waals surface area contributed by atoms with Gasteiger partial charge in [-0.05, 0) is 13.8 Å². The van der Waals surface area contributed by atoms with Crippen LogP contribution in [0.1, 0.15) is 13.8 Å². The van der Waals surface area contributed by atoms with E-state index in [0.29, 0.717) is 17.5 Å². The van der Waals surface area contributed by atoms with E-state index in [4.69, 9.17) is 30.0 Å². The maximum atomic E-state index is 4.93. The van der Waals surface area contributed by atoms with Gasteiger partial charge >= 0.3 is 17.1 Å². The first kappa shape index (κ1) is 19.6. The van der Waals surface area contributed by atoms with Gasteiger partial charge in [0, 0.05) is 19.3 Å². The van der Waals surface area contributed by atoms with E-state index in [0.717, 1.165) is 0 Å². The molecule has 0 N–H and O–H groups in total. The molecule has 9 heteroatoms. The van der Waals surface area contributed by atoms with Crippen LogP contribution in [0.15, 0.2) is 20.4 Å². The second-order valence-corrected chi connectivity index (χ2v) is 3.78. The summed E-state index contributed by atoms with van der Waals surface area (Å²) < 4.78 is 4.93. The van der Waals surface area contributed by atoms with Gasteiger partial charge in [0.1, 0.15) is 0 Å². The Morgan fingerprint density at radius 2 is 1.83 bits per heavy atom. The molecule has 0 aliphatic heterocycles. The molecule has 0 rings (SSSR count). The standard InChI is InChI=1S/C9H17N5OS2.Cu/c1-5-15-9(17)13-11-7(2)6-10-12-8(16)14(3)4;/h6H,5H2,1-4H3,(H,12,16)(H,13,17);/q;+2/p-2/b10-6+,11-7+;. The van der Waals surface area contributed by atoms with E-state index in [-0.39, 0.29) is 22.3 Å². The summed E-state index contributed by atoms with van der Waals surface area (Å²) in [5.74, 6) is 0. The Labute approximate surface area is 129 Å². The summed E-state index contributed by atoms with van der Waals surface area (Å²) >= 11 is 9.68. The average Bonchev–Trinajstić information content (AvgIpc) is 2.26. The van der Waals surface area contributed by atoms with Crippen molar-refractivity contribution in [2.45, 2.75) is 13.8 Å². The first-order valence-corrected chi connectivity index (χ1v) is 5.66. The van der Waals surface area contributed by atoms with Crippen LogP contribution in [0, 0.1) is 0 Å². The molecule has 105 valence electrons. The number of hydrogen-bond donors (Lipinski definition) is 0. The molecule has 0 bridgehead atoms. The van der Waals surface area contributed by atoms with Gasteiger partial charge in [0.2, 0.25) is 0 Å². The summed E-state index contributed by atoms with van der Waals surface area (Å²) in [7, 11) is 3.58. The summed E-state index contributed by atoms with van der Waals surface area (Å²) in [5.41, 5.74) is 0.553. The monoisotopic (exact) mass is 336 g/mol. The van der Waals surface area contributed by atoms with Crippen LogP contribution in [0.3, 0.4) is 0 Å². The van der Waals surface area contributed by atoms with Crippen LogP contribution in [-0.2, 0) is 47.1 Å². The molecule has 0 aromatic heterocycles. The number of nitrogens with zero attached hydrogens (tertiary/aromatic N) is 5. The van der Waals surface area contributed by atoms with Crippen molar-refractivity contribution in [3.05, 3.63) is 0 Å². The normalized spacial score (nSPS) is 13.4. The minimum absolute atomic E-state index is 0. The summed E-state index contributed by atoms with van der Waals surface area (Å²) in [5, 5.41) is 15.5. The van der Waals surface area contributed by atoms with Crippen molar-refractivity contribution in [2.75, 3.05) is 20.7 Å². The molecule has 0 aromatic carbocycles. The first-order valence-electron chi connectivity index (χ1n) is 4.84. The van der Waals surface area contributed by atoms with Gasteiger partial charge in [-0.2, -0.15) is 15.3 Å². The summed E-state index contributed by atoms with van der Waals surface area (Å²) in [4.78, 5) is 1.67. The third kappa shape index (κ3) is 10.4. The second-order valence-electron chi connectivity index (χ2n) is 3.06. The van der Waals surface area contributed by atoms with E-state index >= 15 is 0 Å². The van der Waals surface area contributed by atoms with E-state index in [9.17, 15) is 0 Å². The van der Waals surface area contributed by atoms with Gasteiger partial charge in [-0.3, -0.25) is 0 Å². The zero-order valence-corrected chi connectivity index (χ0v) is 13.1. The fraction of sp³-hybridized carbons (Fsp3) is 0.556. The molecule has 1 radical (unpaired) electrons. The Balaban J connectivity index is 0. The van der Waals surface area contributed by atoms with Crippen molar-refractivity contribution < 1.29 is 21.8 Å². The molecule has 0 saturated carbocycles. The Morgan fingerprint density at radius 1 is 1.22 bits per heavy atom. The first-order chi connectivity index (χ1) is 7.97. The zero-order chi connectivity index (χ0) is 13.3. The molecule has 0 fully saturated rings. The SMILES string of the molecule is CCO/C([S-])=N/N=C(C)/C=N/N=C(\[S-])N(C)C.[Cu+2]. The minimum atomic E-state index is 0. The molecule has 0 heterocycles. The Bertz CT molecular complexity index is 355. The zero-order valence-electron chi connectivity index (χ0n) is 10.5. The van der Waals surface area contributed by atoms with Crippen molar-refractivity contribution in [1.29, 1.82) is 0 Å². The van der Waals surface area contributed by atoms with Gasteiger partial charge in [0.25, 0.3) is 0 Å². The van der Waals surface area contributed by atoms with Crippen LogP contribution in [0.25, 0.3) is 0 Å². The molecule has 6 nitrogen and oxygen atoms in total. The van der Waals surface area contributed by atoms with Crippen molar-refractivity contribution in [1.82, 2.24) is 4.90 Å². The molecule has 0 amide bonds. The van der Waals surface area contributed by atoms with Gasteiger partial charge < -0.3 is 34.9 Å². The van der Waals surface area contributed by atoms with Crippen molar-refractivity contribution >= 4 is 47.6 Å². The van der Waals surface area contributed by atoms with Gasteiger partial charge in [-0.25, -0.2) is 0 Å². The molecule has 18 heavy (non-hydrogen) atoms. The smallest absolute Gasteiger partial charge is 0.741 e. The van der Waals surface area contributed by atoms with Gasteiger partial charge in [-0.1, -0.05) is 0 Å². The molecule has 0 aliphatic rings. The molecule has 0 aliphatic carbocycles. The van der Waals surface area contributed by atoms with E-state index in [1.807, 2.05) is 6.92 Å².